The number of hydrogen-bond donors (Lipinski definition) is 1. The van der Waals surface area contributed by atoms with E-state index in [-0.39, 0.29) is 20.1 Å². The van der Waals surface area contributed by atoms with Crippen molar-refractivity contribution in [3.05, 3.63) is 64.5 Å². The van der Waals surface area contributed by atoms with Crippen molar-refractivity contribution in [3.8, 4) is 5.75 Å². The average molecular weight is 465 g/mol. The van der Waals surface area contributed by atoms with Crippen LogP contribution in [0.15, 0.2) is 47.7 Å². The van der Waals surface area contributed by atoms with Gasteiger partial charge in [0.2, 0.25) is 0 Å². The van der Waals surface area contributed by atoms with E-state index in [1.54, 1.807) is 0 Å². The third-order valence-corrected chi connectivity index (χ3v) is 6.38. The normalized spacial score (nSPS) is 21.4. The Bertz CT molecular complexity index is 1190. The second kappa shape index (κ2) is 10.0. The van der Waals surface area contributed by atoms with E-state index in [0.717, 1.165) is 57.7 Å². The van der Waals surface area contributed by atoms with E-state index in [1.165, 1.54) is 5.56 Å². The molecule has 1 N–H and O–H groups in total. The lowest BCUT2D eigenvalue weighted by molar-refractivity contribution is -0.151. The molecule has 0 aliphatic carbocycles. The number of ether oxygens (including phenoxy) is 2. The maximum atomic E-state index is 11.8. The molecule has 0 spiro atoms. The Morgan fingerprint density at radius 1 is 1.24 bits per heavy atom. The third kappa shape index (κ3) is 3.80. The minimum absolute atomic E-state index is 0. The largest absolute Gasteiger partial charge is 0.490 e. The van der Waals surface area contributed by atoms with Gasteiger partial charge in [0.25, 0.3) is 0 Å². The van der Waals surface area contributed by atoms with E-state index in [2.05, 4.69) is 24.5 Å². The molecule has 4 aliphatic heterocycles. The van der Waals surface area contributed by atoms with E-state index in [1.807, 2.05) is 45.9 Å². The summed E-state index contributed by atoms with van der Waals surface area (Å²) in [4.78, 5) is 18.9. The van der Waals surface area contributed by atoms with E-state index in [0.29, 0.717) is 12.1 Å². The predicted molar refractivity (Wildman–Crippen MR) is 136 cm³/mol. The monoisotopic (exact) mass is 464 g/mol. The Labute approximate surface area is 202 Å². The highest BCUT2D eigenvalue weighted by molar-refractivity contribution is 5.91. The van der Waals surface area contributed by atoms with Gasteiger partial charge in [-0.2, -0.15) is 0 Å². The molecule has 2 atom stereocenters. The van der Waals surface area contributed by atoms with Crippen LogP contribution in [0.2, 0.25) is 0 Å². The molecule has 34 heavy (non-hydrogen) atoms. The molecule has 6 nitrogen and oxygen atoms in total. The van der Waals surface area contributed by atoms with Crippen LogP contribution < -0.4 is 4.74 Å². The highest BCUT2D eigenvalue weighted by atomic mass is 16.5. The highest BCUT2D eigenvalue weighted by Gasteiger charge is 2.39. The zero-order chi connectivity index (χ0) is 23.9. The number of hydrogen-bond acceptors (Lipinski definition) is 6. The first kappa shape index (κ1) is 25.5. The number of carbonyl (C=O) groups excluding carboxylic acids is 1. The number of cyclic esters (lactones) is 1. The van der Waals surface area contributed by atoms with Crippen molar-refractivity contribution in [1.82, 2.24) is 9.88 Å². The van der Waals surface area contributed by atoms with Gasteiger partial charge in [0.1, 0.15) is 18.5 Å². The molecule has 182 valence electrons. The zero-order valence-electron chi connectivity index (χ0n) is 20.1. The van der Waals surface area contributed by atoms with E-state index < -0.39 is 12.1 Å². The smallest absolute Gasteiger partial charge is 0.340 e. The highest BCUT2D eigenvalue weighted by Crippen LogP contribution is 2.45. The van der Waals surface area contributed by atoms with Crippen molar-refractivity contribution < 1.29 is 19.4 Å². The standard InChI is InChI=1S/C23H20N2O4.2C2H6.CH4/c1-3-13-7-15-14-6-12-9-25-11(2)17-10-28-23(27)22(26)16(17)8-19(25)21(12)24-18(14)4-5-20(15)29-13;2*1-2;/h4-6,8,13,22,26H,2-3,7,9-10H2,1H3;2*1-2H3;1H4. The van der Waals surface area contributed by atoms with Crippen molar-refractivity contribution in [1.29, 1.82) is 0 Å². The summed E-state index contributed by atoms with van der Waals surface area (Å²) in [6.07, 6.45) is 2.71. The molecule has 0 amide bonds. The molecular weight excluding hydrogens is 428 g/mol. The SMILES string of the molecule is C.C=C1C2=C(C=C3c4nc5ccc6c(c5cc4CN13)CC(CC)O6)C(O)C(=O)OC2.CC.CC. The molecular formula is C28H36N2O4. The van der Waals surface area contributed by atoms with Crippen LogP contribution >= 0.6 is 0 Å². The Morgan fingerprint density at radius 2 is 1.97 bits per heavy atom. The van der Waals surface area contributed by atoms with Crippen LogP contribution in [-0.2, 0) is 22.5 Å². The summed E-state index contributed by atoms with van der Waals surface area (Å²) >= 11 is 0. The molecule has 0 radical (unpaired) electrons. The fraction of sp³-hybridized carbons (Fsp3) is 0.429. The molecule has 2 unspecified atom stereocenters. The molecule has 4 aliphatic rings. The molecule has 6 heteroatoms. The number of carbonyl (C=O) groups is 1. The molecule has 1 aromatic carbocycles. The van der Waals surface area contributed by atoms with Crippen molar-refractivity contribution in [2.75, 3.05) is 6.61 Å². The number of aliphatic hydroxyl groups excluding tert-OH is 1. The molecule has 1 aromatic heterocycles. The van der Waals surface area contributed by atoms with E-state index in [4.69, 9.17) is 14.5 Å². The summed E-state index contributed by atoms with van der Waals surface area (Å²) in [5.41, 5.74) is 7.13. The number of aliphatic hydroxyl groups is 1. The van der Waals surface area contributed by atoms with Gasteiger partial charge < -0.3 is 19.5 Å². The minimum Gasteiger partial charge on any atom is -0.490 e. The van der Waals surface area contributed by atoms with Crippen LogP contribution in [0.3, 0.4) is 0 Å². The first-order valence-corrected chi connectivity index (χ1v) is 11.9. The number of pyridine rings is 1. The number of rotatable bonds is 1. The molecule has 5 heterocycles. The van der Waals surface area contributed by atoms with Crippen LogP contribution in [0.1, 0.15) is 65.3 Å². The predicted octanol–water partition coefficient (Wildman–Crippen LogP) is 5.53. The summed E-state index contributed by atoms with van der Waals surface area (Å²) < 4.78 is 11.1. The van der Waals surface area contributed by atoms with Gasteiger partial charge in [-0.15, -0.1) is 0 Å². The van der Waals surface area contributed by atoms with Crippen LogP contribution in [0.5, 0.6) is 5.75 Å². The third-order valence-electron chi connectivity index (χ3n) is 6.38. The first-order chi connectivity index (χ1) is 16.0. The van der Waals surface area contributed by atoms with Gasteiger partial charge in [-0.25, -0.2) is 9.78 Å². The topological polar surface area (TPSA) is 71.9 Å². The zero-order valence-corrected chi connectivity index (χ0v) is 20.1. The van der Waals surface area contributed by atoms with Gasteiger partial charge in [-0.1, -0.05) is 48.6 Å². The Morgan fingerprint density at radius 3 is 2.68 bits per heavy atom. The van der Waals surface area contributed by atoms with Crippen molar-refractivity contribution in [2.45, 2.75) is 73.6 Å². The first-order valence-electron chi connectivity index (χ1n) is 11.9. The molecule has 2 aromatic rings. The van der Waals surface area contributed by atoms with Gasteiger partial charge in [-0.05, 0) is 30.7 Å². The van der Waals surface area contributed by atoms with Gasteiger partial charge in [0.05, 0.1) is 23.5 Å². The Hall–Kier alpha value is -3.12. The number of aromatic nitrogens is 1. The molecule has 0 saturated heterocycles. The molecule has 0 bridgehead atoms. The summed E-state index contributed by atoms with van der Waals surface area (Å²) in [5, 5.41) is 11.5. The fourth-order valence-electron chi connectivity index (χ4n) is 4.76. The van der Waals surface area contributed by atoms with Crippen LogP contribution in [0, 0.1) is 0 Å². The molecule has 0 saturated carbocycles. The lowest BCUT2D eigenvalue weighted by Gasteiger charge is -2.33. The quantitative estimate of drug-likeness (QED) is 0.559. The lowest BCUT2D eigenvalue weighted by Crippen LogP contribution is -2.36. The molecule has 0 fully saturated rings. The second-order valence-corrected chi connectivity index (χ2v) is 7.96. The van der Waals surface area contributed by atoms with Crippen molar-refractivity contribution >= 4 is 22.6 Å². The van der Waals surface area contributed by atoms with E-state index in [9.17, 15) is 9.90 Å². The van der Waals surface area contributed by atoms with Gasteiger partial charge in [0.15, 0.2) is 6.10 Å². The number of esters is 1. The fourth-order valence-corrected chi connectivity index (χ4v) is 4.76. The Kier molecular flexibility index (Phi) is 7.51. The summed E-state index contributed by atoms with van der Waals surface area (Å²) in [6, 6.07) is 6.22. The second-order valence-electron chi connectivity index (χ2n) is 7.96. The van der Waals surface area contributed by atoms with Crippen LogP contribution in [-0.4, -0.2) is 39.8 Å². The summed E-state index contributed by atoms with van der Waals surface area (Å²) in [5.74, 6) is 0.342. The van der Waals surface area contributed by atoms with Gasteiger partial charge >= 0.3 is 5.97 Å². The van der Waals surface area contributed by atoms with Gasteiger partial charge in [-0.3, -0.25) is 0 Å². The van der Waals surface area contributed by atoms with Crippen molar-refractivity contribution in [2.24, 2.45) is 0 Å². The maximum Gasteiger partial charge on any atom is 0.340 e. The Balaban J connectivity index is 0.000000618. The maximum absolute atomic E-state index is 11.8. The summed E-state index contributed by atoms with van der Waals surface area (Å²) in [6.45, 7) is 15.1. The molecule has 6 rings (SSSR count). The average Bonchev–Trinajstić information content (AvgIpc) is 3.44. The number of fused-ring (bicyclic) bond motifs is 6. The van der Waals surface area contributed by atoms with Gasteiger partial charge in [0, 0.05) is 39.8 Å². The minimum atomic E-state index is -1.28. The summed E-state index contributed by atoms with van der Waals surface area (Å²) in [7, 11) is 0. The lowest BCUT2D eigenvalue weighted by atomic mass is 9.93. The number of nitrogens with zero attached hydrogens (tertiary/aromatic N) is 2. The van der Waals surface area contributed by atoms with E-state index >= 15 is 0 Å². The van der Waals surface area contributed by atoms with Crippen LogP contribution in [0.4, 0.5) is 0 Å². The van der Waals surface area contributed by atoms with Crippen LogP contribution in [0.25, 0.3) is 16.6 Å². The number of benzene rings is 1. The van der Waals surface area contributed by atoms with Crippen molar-refractivity contribution in [3.63, 3.8) is 0 Å².